The van der Waals surface area contributed by atoms with Gasteiger partial charge in [-0.25, -0.2) is 4.79 Å². The van der Waals surface area contributed by atoms with Crippen molar-refractivity contribution in [1.29, 1.82) is 0 Å². The van der Waals surface area contributed by atoms with Crippen LogP contribution in [0.2, 0.25) is 0 Å². The van der Waals surface area contributed by atoms with E-state index in [0.717, 1.165) is 12.8 Å². The van der Waals surface area contributed by atoms with Crippen molar-refractivity contribution < 1.29 is 19.2 Å². The van der Waals surface area contributed by atoms with Gasteiger partial charge in [0.1, 0.15) is 0 Å². The lowest BCUT2D eigenvalue weighted by Gasteiger charge is -2.23. The smallest absolute Gasteiger partial charge is 0.318 e. The summed E-state index contributed by atoms with van der Waals surface area (Å²) in [5.74, 6) is -0.163. The van der Waals surface area contributed by atoms with Crippen molar-refractivity contribution in [2.75, 3.05) is 6.54 Å². The Balaban J connectivity index is 2.02. The van der Waals surface area contributed by atoms with Crippen molar-refractivity contribution in [2.45, 2.75) is 51.6 Å². The summed E-state index contributed by atoms with van der Waals surface area (Å²) in [6.07, 6.45) is 1.82. The molecule has 2 amide bonds. The molecule has 0 spiro atoms. The van der Waals surface area contributed by atoms with E-state index in [0.29, 0.717) is 18.3 Å². The van der Waals surface area contributed by atoms with Crippen molar-refractivity contribution in [3.8, 4) is 0 Å². The third kappa shape index (κ3) is 3.93. The molecule has 0 bridgehead atoms. The zero-order chi connectivity index (χ0) is 15.4. The van der Waals surface area contributed by atoms with Gasteiger partial charge < -0.3 is 19.8 Å². The summed E-state index contributed by atoms with van der Waals surface area (Å²) in [5.41, 5.74) is 0. The highest BCUT2D eigenvalue weighted by Gasteiger charge is 2.33. The summed E-state index contributed by atoms with van der Waals surface area (Å²) in [5, 5.41) is 15.4. The molecule has 116 valence electrons. The van der Waals surface area contributed by atoms with E-state index in [2.05, 4.69) is 15.5 Å². The number of rotatable bonds is 5. The Morgan fingerprint density at radius 1 is 1.52 bits per heavy atom. The first-order valence-corrected chi connectivity index (χ1v) is 7.08. The first kappa shape index (κ1) is 15.3. The molecule has 0 unspecified atom stereocenters. The molecule has 0 aliphatic carbocycles. The number of aromatic nitrogens is 2. The number of carboxylic acids is 1. The zero-order valence-corrected chi connectivity index (χ0v) is 12.2. The van der Waals surface area contributed by atoms with Crippen molar-refractivity contribution in [1.82, 2.24) is 20.4 Å². The van der Waals surface area contributed by atoms with Crippen LogP contribution in [0.3, 0.4) is 0 Å². The van der Waals surface area contributed by atoms with E-state index in [4.69, 9.17) is 9.63 Å². The maximum absolute atomic E-state index is 12.1. The van der Waals surface area contributed by atoms with E-state index in [-0.39, 0.29) is 31.0 Å². The molecule has 2 rings (SSSR count). The van der Waals surface area contributed by atoms with E-state index in [1.165, 1.54) is 0 Å². The number of hydrogen-bond donors (Lipinski definition) is 2. The van der Waals surface area contributed by atoms with E-state index < -0.39 is 5.97 Å². The van der Waals surface area contributed by atoms with Crippen molar-refractivity contribution in [2.24, 2.45) is 0 Å². The third-order valence-corrected chi connectivity index (χ3v) is 3.26. The summed E-state index contributed by atoms with van der Waals surface area (Å²) >= 11 is 0. The Labute approximate surface area is 122 Å². The molecule has 2 N–H and O–H groups in total. The minimum atomic E-state index is -0.909. The van der Waals surface area contributed by atoms with Crippen LogP contribution in [0.5, 0.6) is 0 Å². The fourth-order valence-electron chi connectivity index (χ4n) is 2.33. The predicted octanol–water partition coefficient (Wildman–Crippen LogP) is 1.34. The molecule has 1 aromatic rings. The van der Waals surface area contributed by atoms with Gasteiger partial charge in [-0.05, 0) is 26.7 Å². The summed E-state index contributed by atoms with van der Waals surface area (Å²) < 4.78 is 5.05. The second kappa shape index (κ2) is 6.55. The minimum Gasteiger partial charge on any atom is -0.481 e. The molecule has 1 aliphatic heterocycles. The van der Waals surface area contributed by atoms with Crippen LogP contribution >= 0.6 is 0 Å². The van der Waals surface area contributed by atoms with E-state index in [9.17, 15) is 9.59 Å². The van der Waals surface area contributed by atoms with Gasteiger partial charge in [-0.3, -0.25) is 4.79 Å². The topological polar surface area (TPSA) is 109 Å². The molecule has 1 saturated heterocycles. The normalized spacial score (nSPS) is 18.2. The molecule has 0 saturated carbocycles. The first-order chi connectivity index (χ1) is 9.97. The number of nitrogens with one attached hydrogen (secondary N) is 1. The SMILES string of the molecule is CC(C)NC(=O)N1CCC[C@@H]1c1noc(CCC(=O)O)n1. The highest BCUT2D eigenvalue weighted by Crippen LogP contribution is 2.30. The van der Waals surface area contributed by atoms with Gasteiger partial charge >= 0.3 is 12.0 Å². The monoisotopic (exact) mass is 296 g/mol. The second-order valence-electron chi connectivity index (χ2n) is 5.40. The van der Waals surface area contributed by atoms with E-state index in [1.54, 1.807) is 4.90 Å². The minimum absolute atomic E-state index is 0.0517. The van der Waals surface area contributed by atoms with Gasteiger partial charge in [-0.1, -0.05) is 5.16 Å². The molecule has 8 heteroatoms. The molecule has 0 aromatic carbocycles. The van der Waals surface area contributed by atoms with Gasteiger partial charge in [0.15, 0.2) is 5.82 Å². The summed E-state index contributed by atoms with van der Waals surface area (Å²) in [4.78, 5) is 28.6. The molecule has 21 heavy (non-hydrogen) atoms. The number of carbonyl (C=O) groups is 2. The predicted molar refractivity (Wildman–Crippen MR) is 72.6 cm³/mol. The number of nitrogens with zero attached hydrogens (tertiary/aromatic N) is 3. The van der Waals surface area contributed by atoms with Crippen LogP contribution in [0.4, 0.5) is 4.79 Å². The Kier molecular flexibility index (Phi) is 4.77. The lowest BCUT2D eigenvalue weighted by Crippen LogP contribution is -2.42. The lowest BCUT2D eigenvalue weighted by atomic mass is 10.2. The van der Waals surface area contributed by atoms with Crippen LogP contribution in [-0.2, 0) is 11.2 Å². The Morgan fingerprint density at radius 2 is 2.29 bits per heavy atom. The summed E-state index contributed by atoms with van der Waals surface area (Å²) in [7, 11) is 0. The highest BCUT2D eigenvalue weighted by molar-refractivity contribution is 5.75. The van der Waals surface area contributed by atoms with E-state index >= 15 is 0 Å². The highest BCUT2D eigenvalue weighted by atomic mass is 16.5. The average Bonchev–Trinajstić information content (AvgIpc) is 3.04. The fraction of sp³-hybridized carbons (Fsp3) is 0.692. The van der Waals surface area contributed by atoms with Crippen LogP contribution in [0.15, 0.2) is 4.52 Å². The Bertz CT molecular complexity index is 514. The van der Waals surface area contributed by atoms with Gasteiger partial charge in [0.25, 0.3) is 0 Å². The Morgan fingerprint density at radius 3 is 2.95 bits per heavy atom. The average molecular weight is 296 g/mol. The lowest BCUT2D eigenvalue weighted by molar-refractivity contribution is -0.137. The summed E-state index contributed by atoms with van der Waals surface area (Å²) in [6, 6.07) is -0.273. The molecule has 2 heterocycles. The molecular weight excluding hydrogens is 276 g/mol. The Hall–Kier alpha value is -2.12. The standard InChI is InChI=1S/C13H20N4O4/c1-8(2)14-13(20)17-7-3-4-9(17)12-15-10(21-16-12)5-6-11(18)19/h8-9H,3-7H2,1-2H3,(H,14,20)(H,18,19)/t9-/m1/s1. The fourth-order valence-corrected chi connectivity index (χ4v) is 2.33. The third-order valence-electron chi connectivity index (χ3n) is 3.26. The van der Waals surface area contributed by atoms with Gasteiger partial charge in [0.2, 0.25) is 5.89 Å². The number of amides is 2. The van der Waals surface area contributed by atoms with Gasteiger partial charge in [-0.15, -0.1) is 0 Å². The van der Waals surface area contributed by atoms with Gasteiger partial charge in [0.05, 0.1) is 12.5 Å². The second-order valence-corrected chi connectivity index (χ2v) is 5.40. The molecule has 1 aliphatic rings. The van der Waals surface area contributed by atoms with Crippen LogP contribution in [0.25, 0.3) is 0 Å². The number of carbonyl (C=O) groups excluding carboxylic acids is 1. The van der Waals surface area contributed by atoms with Crippen LogP contribution in [0, 0.1) is 0 Å². The number of carboxylic acid groups (broad SMARTS) is 1. The number of aryl methyl sites for hydroxylation is 1. The van der Waals surface area contributed by atoms with Crippen LogP contribution < -0.4 is 5.32 Å². The van der Waals surface area contributed by atoms with Gasteiger partial charge in [0, 0.05) is 19.0 Å². The van der Waals surface area contributed by atoms with Gasteiger partial charge in [-0.2, -0.15) is 4.98 Å². The van der Waals surface area contributed by atoms with Crippen LogP contribution in [0.1, 0.15) is 50.9 Å². The molecular formula is C13H20N4O4. The molecule has 0 radical (unpaired) electrons. The number of hydrogen-bond acceptors (Lipinski definition) is 5. The van der Waals surface area contributed by atoms with E-state index in [1.807, 2.05) is 13.8 Å². The van der Waals surface area contributed by atoms with Crippen LogP contribution in [-0.4, -0.2) is 44.7 Å². The first-order valence-electron chi connectivity index (χ1n) is 7.08. The number of urea groups is 1. The molecule has 1 atom stereocenters. The molecule has 1 aromatic heterocycles. The number of aliphatic carboxylic acids is 1. The largest absolute Gasteiger partial charge is 0.481 e. The van der Waals surface area contributed by atoms with Crippen molar-refractivity contribution in [3.05, 3.63) is 11.7 Å². The molecule has 8 nitrogen and oxygen atoms in total. The maximum Gasteiger partial charge on any atom is 0.318 e. The number of likely N-dealkylation sites (tertiary alicyclic amines) is 1. The quantitative estimate of drug-likeness (QED) is 0.848. The summed E-state index contributed by atoms with van der Waals surface area (Å²) in [6.45, 7) is 4.46. The van der Waals surface area contributed by atoms with Crippen molar-refractivity contribution >= 4 is 12.0 Å². The maximum atomic E-state index is 12.1. The van der Waals surface area contributed by atoms with Crippen molar-refractivity contribution in [3.63, 3.8) is 0 Å². The zero-order valence-electron chi connectivity index (χ0n) is 12.2. The molecule has 1 fully saturated rings.